The largest absolute Gasteiger partial charge is 0.494 e. The topological polar surface area (TPSA) is 72.8 Å². The van der Waals surface area contributed by atoms with Gasteiger partial charge >= 0.3 is 5.97 Å². The molecule has 1 aliphatic carbocycles. The fourth-order valence-corrected chi connectivity index (χ4v) is 4.34. The van der Waals surface area contributed by atoms with Crippen LogP contribution in [0.3, 0.4) is 0 Å². The van der Waals surface area contributed by atoms with E-state index in [2.05, 4.69) is 0 Å². The highest BCUT2D eigenvalue weighted by molar-refractivity contribution is 6.06. The van der Waals surface area contributed by atoms with Crippen LogP contribution in [0, 0.1) is 19.8 Å². The monoisotopic (exact) mass is 464 g/mol. The first-order valence-corrected chi connectivity index (χ1v) is 12.1. The van der Waals surface area contributed by atoms with Gasteiger partial charge in [0.2, 0.25) is 0 Å². The van der Waals surface area contributed by atoms with E-state index in [0.29, 0.717) is 11.3 Å². The molecule has 0 amide bonds. The molecule has 5 heteroatoms. The van der Waals surface area contributed by atoms with Gasteiger partial charge in [0.15, 0.2) is 11.4 Å². The van der Waals surface area contributed by atoms with E-state index in [9.17, 15) is 14.7 Å². The molecule has 3 rings (SSSR count). The molecule has 1 N–H and O–H groups in total. The number of allylic oxidation sites excluding steroid dienone is 1. The second-order valence-corrected chi connectivity index (χ2v) is 9.76. The first-order valence-electron chi connectivity index (χ1n) is 12.1. The summed E-state index contributed by atoms with van der Waals surface area (Å²) in [5.74, 6) is 1.02. The number of aliphatic carboxylic acids is 1. The van der Waals surface area contributed by atoms with Crippen LogP contribution in [-0.4, -0.2) is 29.1 Å². The second-order valence-electron chi connectivity index (χ2n) is 9.76. The van der Waals surface area contributed by atoms with Gasteiger partial charge in [-0.3, -0.25) is 4.79 Å². The molecule has 182 valence electrons. The average Bonchev–Trinajstić information content (AvgIpc) is 2.81. The van der Waals surface area contributed by atoms with Gasteiger partial charge in [0, 0.05) is 5.56 Å². The standard InChI is InChI=1S/C29H36O5/c1-20-18-23(19-21(2)27(20)34-29(3,4)28(31)32)10-15-26(30)24-11-13-25(14-12-24)33-17-16-22-8-6-5-7-9-22/h10-15,18-19,22H,5-9,16-17H2,1-4H3,(H,31,32)/b15-10+. The quantitative estimate of drug-likeness (QED) is 0.309. The van der Waals surface area contributed by atoms with Crippen molar-refractivity contribution in [1.82, 2.24) is 0 Å². The molecule has 2 aromatic carbocycles. The Hall–Kier alpha value is -3.08. The van der Waals surface area contributed by atoms with Crippen LogP contribution in [0.4, 0.5) is 0 Å². The van der Waals surface area contributed by atoms with E-state index < -0.39 is 11.6 Å². The number of aryl methyl sites for hydroxylation is 2. The third-order valence-corrected chi connectivity index (χ3v) is 6.44. The van der Waals surface area contributed by atoms with Gasteiger partial charge < -0.3 is 14.6 Å². The summed E-state index contributed by atoms with van der Waals surface area (Å²) in [7, 11) is 0. The van der Waals surface area contributed by atoms with Crippen molar-refractivity contribution < 1.29 is 24.2 Å². The van der Waals surface area contributed by atoms with Crippen LogP contribution in [0.1, 0.15) is 79.4 Å². The van der Waals surface area contributed by atoms with Crippen molar-refractivity contribution >= 4 is 17.8 Å². The zero-order valence-electron chi connectivity index (χ0n) is 20.7. The number of carboxylic acids is 1. The zero-order chi connectivity index (χ0) is 24.7. The van der Waals surface area contributed by atoms with Crippen molar-refractivity contribution in [3.8, 4) is 11.5 Å². The molecule has 5 nitrogen and oxygen atoms in total. The summed E-state index contributed by atoms with van der Waals surface area (Å²) in [6.07, 6.45) is 11.1. The molecule has 1 aliphatic rings. The molecule has 0 heterocycles. The Balaban J connectivity index is 1.57. The van der Waals surface area contributed by atoms with Crippen LogP contribution in [0.5, 0.6) is 11.5 Å². The van der Waals surface area contributed by atoms with Crippen LogP contribution < -0.4 is 9.47 Å². The van der Waals surface area contributed by atoms with Crippen LogP contribution in [0.25, 0.3) is 6.08 Å². The highest BCUT2D eigenvalue weighted by Crippen LogP contribution is 2.29. The first kappa shape index (κ1) is 25.5. The number of benzene rings is 2. The number of hydrogen-bond acceptors (Lipinski definition) is 4. The number of hydrogen-bond donors (Lipinski definition) is 1. The van der Waals surface area contributed by atoms with Gasteiger partial charge in [0.05, 0.1) is 6.61 Å². The third kappa shape index (κ3) is 6.96. The highest BCUT2D eigenvalue weighted by atomic mass is 16.5. The predicted molar refractivity (Wildman–Crippen MR) is 135 cm³/mol. The molecule has 0 unspecified atom stereocenters. The molecule has 0 bridgehead atoms. The Morgan fingerprint density at radius 3 is 2.24 bits per heavy atom. The number of carboxylic acid groups (broad SMARTS) is 1. The number of ether oxygens (including phenoxy) is 2. The number of carbonyl (C=O) groups is 2. The maximum absolute atomic E-state index is 12.6. The molecule has 2 aromatic rings. The zero-order valence-corrected chi connectivity index (χ0v) is 20.7. The second kappa shape index (κ2) is 11.4. The fraction of sp³-hybridized carbons (Fsp3) is 0.448. The summed E-state index contributed by atoms with van der Waals surface area (Å²) in [5, 5.41) is 9.32. The molecule has 0 saturated heterocycles. The van der Waals surface area contributed by atoms with E-state index in [1.54, 1.807) is 24.3 Å². The SMILES string of the molecule is Cc1cc(/C=C/C(=O)c2ccc(OCCC3CCCCC3)cc2)cc(C)c1OC(C)(C)C(=O)O. The molecule has 34 heavy (non-hydrogen) atoms. The van der Waals surface area contributed by atoms with Gasteiger partial charge in [-0.2, -0.15) is 0 Å². The number of carbonyl (C=O) groups excluding carboxylic acids is 1. The lowest BCUT2D eigenvalue weighted by atomic mass is 9.87. The average molecular weight is 465 g/mol. The predicted octanol–water partition coefficient (Wildman–Crippen LogP) is 6.79. The Morgan fingerprint density at radius 2 is 1.65 bits per heavy atom. The Kier molecular flexibility index (Phi) is 8.54. The maximum Gasteiger partial charge on any atom is 0.347 e. The summed E-state index contributed by atoms with van der Waals surface area (Å²) in [6.45, 7) is 7.50. The summed E-state index contributed by atoms with van der Waals surface area (Å²) < 4.78 is 11.6. The number of ketones is 1. The van der Waals surface area contributed by atoms with Crippen molar-refractivity contribution in [3.05, 3.63) is 64.7 Å². The van der Waals surface area contributed by atoms with E-state index in [4.69, 9.17) is 9.47 Å². The molecule has 0 aromatic heterocycles. The lowest BCUT2D eigenvalue weighted by molar-refractivity contribution is -0.152. The molecule has 1 saturated carbocycles. The van der Waals surface area contributed by atoms with Gasteiger partial charge in [-0.1, -0.05) is 38.2 Å². The third-order valence-electron chi connectivity index (χ3n) is 6.44. The minimum Gasteiger partial charge on any atom is -0.494 e. The minimum atomic E-state index is -1.32. The molecule has 1 fully saturated rings. The van der Waals surface area contributed by atoms with E-state index >= 15 is 0 Å². The van der Waals surface area contributed by atoms with Crippen molar-refractivity contribution in [1.29, 1.82) is 0 Å². The summed E-state index contributed by atoms with van der Waals surface area (Å²) in [5.41, 5.74) is 1.76. The molecular weight excluding hydrogens is 428 g/mol. The fourth-order valence-electron chi connectivity index (χ4n) is 4.34. The lowest BCUT2D eigenvalue weighted by Crippen LogP contribution is -2.38. The maximum atomic E-state index is 12.6. The molecule has 0 radical (unpaired) electrons. The normalized spacial score (nSPS) is 14.8. The van der Waals surface area contributed by atoms with Crippen molar-refractivity contribution in [2.24, 2.45) is 5.92 Å². The highest BCUT2D eigenvalue weighted by Gasteiger charge is 2.30. The summed E-state index contributed by atoms with van der Waals surface area (Å²) in [6, 6.07) is 11.1. The van der Waals surface area contributed by atoms with Gasteiger partial charge in [-0.25, -0.2) is 4.79 Å². The smallest absolute Gasteiger partial charge is 0.347 e. The van der Waals surface area contributed by atoms with Crippen LogP contribution in [0.2, 0.25) is 0 Å². The minimum absolute atomic E-state index is 0.0867. The van der Waals surface area contributed by atoms with Crippen LogP contribution in [0.15, 0.2) is 42.5 Å². The van der Waals surface area contributed by atoms with E-state index in [0.717, 1.165) is 41.4 Å². The van der Waals surface area contributed by atoms with Gasteiger partial charge in [-0.05, 0) is 99.2 Å². The van der Waals surface area contributed by atoms with Crippen molar-refractivity contribution in [3.63, 3.8) is 0 Å². The molecule has 0 aliphatic heterocycles. The first-order chi connectivity index (χ1) is 16.2. The number of rotatable bonds is 10. The molecular formula is C29H36O5. The van der Waals surface area contributed by atoms with Gasteiger partial charge in [0.1, 0.15) is 11.5 Å². The Labute approximate surface area is 202 Å². The summed E-state index contributed by atoms with van der Waals surface area (Å²) >= 11 is 0. The summed E-state index contributed by atoms with van der Waals surface area (Å²) in [4.78, 5) is 24.0. The lowest BCUT2D eigenvalue weighted by Gasteiger charge is -2.24. The van der Waals surface area contributed by atoms with E-state index in [-0.39, 0.29) is 5.78 Å². The van der Waals surface area contributed by atoms with Gasteiger partial charge in [-0.15, -0.1) is 0 Å². The molecule has 0 spiro atoms. The van der Waals surface area contributed by atoms with Crippen LogP contribution in [-0.2, 0) is 4.79 Å². The van der Waals surface area contributed by atoms with Crippen LogP contribution >= 0.6 is 0 Å². The van der Waals surface area contributed by atoms with E-state index in [1.807, 2.05) is 38.1 Å². The Bertz CT molecular complexity index is 1000. The Morgan fingerprint density at radius 1 is 1.03 bits per heavy atom. The van der Waals surface area contributed by atoms with E-state index in [1.165, 1.54) is 46.0 Å². The van der Waals surface area contributed by atoms with Gasteiger partial charge in [0.25, 0.3) is 0 Å². The van der Waals surface area contributed by atoms with Crippen molar-refractivity contribution in [2.45, 2.75) is 71.8 Å². The van der Waals surface area contributed by atoms with Crippen molar-refractivity contribution in [2.75, 3.05) is 6.61 Å². The molecule has 0 atom stereocenters.